The van der Waals surface area contributed by atoms with Crippen LogP contribution in [0.1, 0.15) is 0 Å². The molecular weight excluding hydrogens is 76.1 g/mol. The highest BCUT2D eigenvalue weighted by atomic mass is 16.1. The minimum Gasteiger partial charge on any atom is -0.402 e. The summed E-state index contributed by atoms with van der Waals surface area (Å²) in [6.07, 6.45) is 2.12. The molecule has 0 aromatic carbocycles. The highest BCUT2D eigenvalue weighted by molar-refractivity contribution is 5.97. The number of ketones is 1. The van der Waals surface area contributed by atoms with Crippen LogP contribution in [0, 0.1) is 6.58 Å². The van der Waals surface area contributed by atoms with Crippen molar-refractivity contribution in [3.05, 3.63) is 25.3 Å². The van der Waals surface area contributed by atoms with Gasteiger partial charge in [-0.2, -0.15) is 6.08 Å². The molecule has 0 saturated heterocycles. The van der Waals surface area contributed by atoms with Crippen molar-refractivity contribution in [1.82, 2.24) is 0 Å². The van der Waals surface area contributed by atoms with Gasteiger partial charge in [0.2, 0.25) is 0 Å². The zero-order valence-corrected chi connectivity index (χ0v) is 3.35. The molecule has 0 unspecified atom stereocenters. The van der Waals surface area contributed by atoms with Crippen LogP contribution in [-0.2, 0) is 4.79 Å². The van der Waals surface area contributed by atoms with E-state index in [2.05, 4.69) is 6.58 Å². The van der Waals surface area contributed by atoms with Crippen molar-refractivity contribution in [2.75, 3.05) is 0 Å². The van der Waals surface area contributed by atoms with Crippen molar-refractivity contribution in [2.45, 2.75) is 0 Å². The Labute approximate surface area is 37.0 Å². The van der Waals surface area contributed by atoms with Gasteiger partial charge in [-0.15, -0.1) is 12.7 Å². The molecule has 0 aliphatic heterocycles. The molecule has 0 saturated carbocycles. The van der Waals surface area contributed by atoms with E-state index in [1.54, 1.807) is 0 Å². The third-order valence-corrected chi connectivity index (χ3v) is 0.365. The molecule has 0 aliphatic rings. The van der Waals surface area contributed by atoms with Gasteiger partial charge in [0.1, 0.15) is 0 Å². The van der Waals surface area contributed by atoms with E-state index in [1.165, 1.54) is 0 Å². The van der Waals surface area contributed by atoms with Crippen LogP contribution in [0.25, 0.3) is 0 Å². The van der Waals surface area contributed by atoms with Crippen LogP contribution >= 0.6 is 0 Å². The normalized spacial score (nSPS) is 6.67. The lowest BCUT2D eigenvalue weighted by molar-refractivity contribution is -0.110. The maximum absolute atomic E-state index is 9.88. The molecule has 32 valence electrons. The van der Waals surface area contributed by atoms with Gasteiger partial charge in [0.05, 0.1) is 0 Å². The molecule has 6 heavy (non-hydrogen) atoms. The number of rotatable bonds is 2. The number of carbonyl (C=O) groups is 1. The zero-order valence-electron chi connectivity index (χ0n) is 3.35. The number of hydrogen-bond acceptors (Lipinski definition) is 1. The van der Waals surface area contributed by atoms with Gasteiger partial charge in [0, 0.05) is 5.78 Å². The molecule has 0 spiro atoms. The van der Waals surface area contributed by atoms with Crippen molar-refractivity contribution < 1.29 is 4.79 Å². The molecule has 0 atom stereocenters. The second-order valence-electron chi connectivity index (χ2n) is 0.773. The molecule has 1 heteroatoms. The standard InChI is InChI=1S/C5H5O/c1-3-5(6)4-2/h1,3-4H,2H2/q-1. The molecule has 0 rings (SSSR count). The Morgan fingerprint density at radius 3 is 2.33 bits per heavy atom. The summed E-state index contributed by atoms with van der Waals surface area (Å²) in [5.41, 5.74) is 0. The topological polar surface area (TPSA) is 17.1 Å². The van der Waals surface area contributed by atoms with Gasteiger partial charge in [-0.1, -0.05) is 0 Å². The van der Waals surface area contributed by atoms with E-state index in [4.69, 9.17) is 6.58 Å². The van der Waals surface area contributed by atoms with Crippen LogP contribution in [0.15, 0.2) is 18.7 Å². The van der Waals surface area contributed by atoms with Gasteiger partial charge in [-0.05, 0) is 0 Å². The first-order chi connectivity index (χ1) is 2.81. The van der Waals surface area contributed by atoms with E-state index >= 15 is 0 Å². The lowest BCUT2D eigenvalue weighted by Gasteiger charge is -1.81. The Balaban J connectivity index is 3.52. The average molecular weight is 81.1 g/mol. The predicted octanol–water partition coefficient (Wildman–Crippen LogP) is 0.731. The zero-order chi connectivity index (χ0) is 4.99. The minimum absolute atomic E-state index is 0.241. The summed E-state index contributed by atoms with van der Waals surface area (Å²) in [4.78, 5) is 9.88. The summed E-state index contributed by atoms with van der Waals surface area (Å²) < 4.78 is 0. The first-order valence-electron chi connectivity index (χ1n) is 1.52. The summed E-state index contributed by atoms with van der Waals surface area (Å²) in [7, 11) is 0. The van der Waals surface area contributed by atoms with Crippen molar-refractivity contribution in [3.63, 3.8) is 0 Å². The maximum Gasteiger partial charge on any atom is 0.0209 e. The van der Waals surface area contributed by atoms with E-state index in [0.717, 1.165) is 12.2 Å². The average Bonchev–Trinajstić information content (AvgIpc) is 1.65. The van der Waals surface area contributed by atoms with Gasteiger partial charge < -0.3 is 4.79 Å². The fraction of sp³-hybridized carbons (Fsp3) is 0. The van der Waals surface area contributed by atoms with Crippen molar-refractivity contribution in [2.24, 2.45) is 0 Å². The Morgan fingerprint density at radius 1 is 1.83 bits per heavy atom. The molecule has 0 fully saturated rings. The van der Waals surface area contributed by atoms with E-state index in [0.29, 0.717) is 0 Å². The summed E-state index contributed by atoms with van der Waals surface area (Å²) >= 11 is 0. The summed E-state index contributed by atoms with van der Waals surface area (Å²) in [6.45, 7) is 7.91. The smallest absolute Gasteiger partial charge is 0.0209 e. The van der Waals surface area contributed by atoms with Crippen molar-refractivity contribution >= 4 is 5.78 Å². The molecule has 0 aromatic heterocycles. The molecular formula is C5H5O-. The third-order valence-electron chi connectivity index (χ3n) is 0.365. The molecule has 0 N–H and O–H groups in total. The number of carbonyl (C=O) groups excluding carboxylic acids is 1. The van der Waals surface area contributed by atoms with Crippen LogP contribution in [-0.4, -0.2) is 5.78 Å². The fourth-order valence-corrected chi connectivity index (χ4v) is 0.0680. The Bertz CT molecular complexity index is 71.9. The Hall–Kier alpha value is -0.850. The van der Waals surface area contributed by atoms with Crippen LogP contribution < -0.4 is 0 Å². The van der Waals surface area contributed by atoms with Crippen LogP contribution in [0.4, 0.5) is 0 Å². The van der Waals surface area contributed by atoms with Gasteiger partial charge in [0.15, 0.2) is 0 Å². The molecule has 0 heterocycles. The molecule has 1 nitrogen and oxygen atoms in total. The predicted molar refractivity (Wildman–Crippen MR) is 24.1 cm³/mol. The second-order valence-corrected chi connectivity index (χ2v) is 0.773. The number of hydrogen-bond donors (Lipinski definition) is 0. The second kappa shape index (κ2) is 2.39. The Kier molecular flexibility index (Phi) is 2.05. The summed E-state index contributed by atoms with van der Waals surface area (Å²) in [5, 5.41) is 0. The fourth-order valence-electron chi connectivity index (χ4n) is 0.0680. The molecule has 0 bridgehead atoms. The SMILES string of the molecule is [CH-]=CC(=O)C=C. The van der Waals surface area contributed by atoms with Gasteiger partial charge in [0.25, 0.3) is 0 Å². The molecule has 0 aliphatic carbocycles. The maximum atomic E-state index is 9.88. The van der Waals surface area contributed by atoms with E-state index in [-0.39, 0.29) is 5.78 Å². The van der Waals surface area contributed by atoms with Crippen LogP contribution in [0.3, 0.4) is 0 Å². The van der Waals surface area contributed by atoms with Gasteiger partial charge in [-0.3, -0.25) is 6.58 Å². The molecule has 0 aromatic rings. The molecule has 0 amide bonds. The summed E-state index contributed by atoms with van der Waals surface area (Å²) in [5.74, 6) is -0.241. The summed E-state index contributed by atoms with van der Waals surface area (Å²) in [6, 6.07) is 0. The first kappa shape index (κ1) is 5.15. The van der Waals surface area contributed by atoms with E-state index < -0.39 is 0 Å². The minimum atomic E-state index is -0.241. The van der Waals surface area contributed by atoms with Gasteiger partial charge in [-0.25, -0.2) is 0 Å². The highest BCUT2D eigenvalue weighted by Gasteiger charge is 1.62. The Morgan fingerprint density at radius 2 is 2.33 bits per heavy atom. The van der Waals surface area contributed by atoms with Crippen molar-refractivity contribution in [3.8, 4) is 0 Å². The lowest BCUT2D eigenvalue weighted by Crippen LogP contribution is -1.78. The quantitative estimate of drug-likeness (QED) is 0.354. The lowest BCUT2D eigenvalue weighted by atomic mass is 10.4. The van der Waals surface area contributed by atoms with Crippen molar-refractivity contribution in [1.29, 1.82) is 0 Å². The van der Waals surface area contributed by atoms with E-state index in [9.17, 15) is 4.79 Å². The van der Waals surface area contributed by atoms with Crippen LogP contribution in [0.2, 0.25) is 0 Å². The highest BCUT2D eigenvalue weighted by Crippen LogP contribution is 1.67. The largest absolute Gasteiger partial charge is 0.402 e. The first-order valence-corrected chi connectivity index (χ1v) is 1.52. The number of allylic oxidation sites excluding steroid dienone is 2. The molecule has 0 radical (unpaired) electrons. The van der Waals surface area contributed by atoms with Gasteiger partial charge >= 0.3 is 0 Å². The monoisotopic (exact) mass is 81.0 g/mol. The third kappa shape index (κ3) is 1.47. The van der Waals surface area contributed by atoms with Crippen LogP contribution in [0.5, 0.6) is 0 Å². The van der Waals surface area contributed by atoms with E-state index in [1.807, 2.05) is 0 Å².